The van der Waals surface area contributed by atoms with Crippen LogP contribution >= 0.6 is 0 Å². The highest BCUT2D eigenvalue weighted by Gasteiger charge is 2.16. The molecule has 0 unspecified atom stereocenters. The number of nitrogens with one attached hydrogen (secondary N) is 1. The molecule has 0 aromatic heterocycles. The van der Waals surface area contributed by atoms with Crippen LogP contribution in [0.1, 0.15) is 28.4 Å². The van der Waals surface area contributed by atoms with Crippen LogP contribution in [0.2, 0.25) is 0 Å². The quantitative estimate of drug-likeness (QED) is 0.826. The lowest BCUT2D eigenvalue weighted by molar-refractivity contribution is -0.119. The molecule has 0 aliphatic rings. The summed E-state index contributed by atoms with van der Waals surface area (Å²) in [6.07, 6.45) is 0.802. The summed E-state index contributed by atoms with van der Waals surface area (Å²) < 4.78 is 10.3. The Hall–Kier alpha value is -2.82. The first-order chi connectivity index (χ1) is 11.5. The van der Waals surface area contributed by atoms with Crippen LogP contribution in [-0.2, 0) is 16.0 Å². The van der Waals surface area contributed by atoms with Gasteiger partial charge in [-0.05, 0) is 37.1 Å². The molecule has 0 saturated heterocycles. The van der Waals surface area contributed by atoms with E-state index in [9.17, 15) is 9.59 Å². The van der Waals surface area contributed by atoms with Gasteiger partial charge in [0.25, 0.3) is 5.91 Å². The van der Waals surface area contributed by atoms with Gasteiger partial charge in [-0.2, -0.15) is 0 Å². The summed E-state index contributed by atoms with van der Waals surface area (Å²) in [5.41, 5.74) is 2.97. The Labute approximate surface area is 141 Å². The number of para-hydroxylation sites is 1. The van der Waals surface area contributed by atoms with Crippen LogP contribution in [0, 0.1) is 6.92 Å². The van der Waals surface area contributed by atoms with Gasteiger partial charge in [0.05, 0.1) is 7.11 Å². The van der Waals surface area contributed by atoms with E-state index in [-0.39, 0.29) is 12.5 Å². The van der Waals surface area contributed by atoms with Gasteiger partial charge in [-0.15, -0.1) is 0 Å². The lowest BCUT2D eigenvalue weighted by Gasteiger charge is -2.11. The van der Waals surface area contributed by atoms with E-state index in [0.717, 1.165) is 23.2 Å². The zero-order valence-corrected chi connectivity index (χ0v) is 14.1. The number of hydrogen-bond donors (Lipinski definition) is 1. The van der Waals surface area contributed by atoms with E-state index in [1.54, 1.807) is 12.1 Å². The molecular formula is C19H21NO4. The maximum Gasteiger partial charge on any atom is 0.342 e. The molecule has 0 radical (unpaired) electrons. The van der Waals surface area contributed by atoms with Crippen molar-refractivity contribution in [2.75, 3.05) is 19.0 Å². The van der Waals surface area contributed by atoms with Crippen molar-refractivity contribution < 1.29 is 19.1 Å². The van der Waals surface area contributed by atoms with E-state index in [0.29, 0.717) is 11.3 Å². The van der Waals surface area contributed by atoms with E-state index in [2.05, 4.69) is 5.32 Å². The highest BCUT2D eigenvalue weighted by molar-refractivity contribution is 5.97. The van der Waals surface area contributed by atoms with E-state index in [1.807, 2.05) is 44.2 Å². The molecule has 0 atom stereocenters. The molecule has 0 aliphatic carbocycles. The standard InChI is InChI=1S/C19H21NO4/c1-4-14-7-5-6-8-16(14)20-18(21)12-24-19(22)15-11-13(2)9-10-17(15)23-3/h5-11H,4,12H2,1-3H3,(H,20,21). The summed E-state index contributed by atoms with van der Waals surface area (Å²) in [7, 11) is 1.48. The summed E-state index contributed by atoms with van der Waals surface area (Å²) in [6.45, 7) is 3.52. The van der Waals surface area contributed by atoms with Crippen molar-refractivity contribution in [2.24, 2.45) is 0 Å². The molecular weight excluding hydrogens is 306 g/mol. The molecule has 2 rings (SSSR count). The van der Waals surface area contributed by atoms with Crippen molar-refractivity contribution in [3.05, 3.63) is 59.2 Å². The Bertz CT molecular complexity index is 740. The SMILES string of the molecule is CCc1ccccc1NC(=O)COC(=O)c1cc(C)ccc1OC. The minimum atomic E-state index is -0.588. The summed E-state index contributed by atoms with van der Waals surface area (Å²) in [5.74, 6) is -0.548. The van der Waals surface area contributed by atoms with Crippen LogP contribution in [0.3, 0.4) is 0 Å². The highest BCUT2D eigenvalue weighted by atomic mass is 16.5. The summed E-state index contributed by atoms with van der Waals surface area (Å²) in [5, 5.41) is 2.76. The zero-order chi connectivity index (χ0) is 17.5. The molecule has 5 nitrogen and oxygen atoms in total. The molecule has 1 N–H and O–H groups in total. The first kappa shape index (κ1) is 17.5. The number of carbonyl (C=O) groups is 2. The van der Waals surface area contributed by atoms with Crippen LogP contribution in [0.4, 0.5) is 5.69 Å². The number of anilines is 1. The fraction of sp³-hybridized carbons (Fsp3) is 0.263. The lowest BCUT2D eigenvalue weighted by atomic mass is 10.1. The van der Waals surface area contributed by atoms with Crippen LogP contribution in [-0.4, -0.2) is 25.6 Å². The van der Waals surface area contributed by atoms with E-state index in [1.165, 1.54) is 7.11 Å². The number of carbonyl (C=O) groups excluding carboxylic acids is 2. The van der Waals surface area contributed by atoms with Gasteiger partial charge in [0.2, 0.25) is 0 Å². The molecule has 0 aliphatic heterocycles. The summed E-state index contributed by atoms with van der Waals surface area (Å²) in [4.78, 5) is 24.2. The zero-order valence-electron chi connectivity index (χ0n) is 14.1. The Morgan fingerprint density at radius 1 is 1.12 bits per heavy atom. The first-order valence-electron chi connectivity index (χ1n) is 7.74. The van der Waals surface area contributed by atoms with Crippen molar-refractivity contribution >= 4 is 17.6 Å². The monoisotopic (exact) mass is 327 g/mol. The van der Waals surface area contributed by atoms with Gasteiger partial charge in [0.15, 0.2) is 6.61 Å². The molecule has 1 amide bonds. The van der Waals surface area contributed by atoms with E-state index in [4.69, 9.17) is 9.47 Å². The van der Waals surface area contributed by atoms with Crippen LogP contribution in [0.25, 0.3) is 0 Å². The summed E-state index contributed by atoms with van der Waals surface area (Å²) in [6, 6.07) is 12.7. The summed E-state index contributed by atoms with van der Waals surface area (Å²) >= 11 is 0. The fourth-order valence-electron chi connectivity index (χ4n) is 2.33. The fourth-order valence-corrected chi connectivity index (χ4v) is 2.33. The molecule has 2 aromatic carbocycles. The van der Waals surface area contributed by atoms with Crippen molar-refractivity contribution in [3.63, 3.8) is 0 Å². The minimum absolute atomic E-state index is 0.305. The third-order valence-electron chi connectivity index (χ3n) is 3.58. The highest BCUT2D eigenvalue weighted by Crippen LogP contribution is 2.20. The number of esters is 1. The number of aryl methyl sites for hydroxylation is 2. The molecule has 0 bridgehead atoms. The van der Waals surface area contributed by atoms with Gasteiger partial charge in [0.1, 0.15) is 11.3 Å². The Balaban J connectivity index is 1.99. The molecule has 0 fully saturated rings. The van der Waals surface area contributed by atoms with Crippen molar-refractivity contribution in [1.82, 2.24) is 0 Å². The van der Waals surface area contributed by atoms with Crippen LogP contribution in [0.5, 0.6) is 5.75 Å². The van der Waals surface area contributed by atoms with Crippen LogP contribution < -0.4 is 10.1 Å². The molecule has 0 spiro atoms. The van der Waals surface area contributed by atoms with Crippen LogP contribution in [0.15, 0.2) is 42.5 Å². The molecule has 2 aromatic rings. The number of rotatable bonds is 6. The number of amides is 1. The van der Waals surface area contributed by atoms with Gasteiger partial charge >= 0.3 is 5.97 Å². The average Bonchev–Trinajstić information content (AvgIpc) is 2.60. The predicted molar refractivity (Wildman–Crippen MR) is 92.5 cm³/mol. The van der Waals surface area contributed by atoms with Gasteiger partial charge < -0.3 is 14.8 Å². The van der Waals surface area contributed by atoms with Gasteiger partial charge in [0, 0.05) is 5.69 Å². The first-order valence-corrected chi connectivity index (χ1v) is 7.74. The molecule has 24 heavy (non-hydrogen) atoms. The van der Waals surface area contributed by atoms with Crippen molar-refractivity contribution in [3.8, 4) is 5.75 Å². The van der Waals surface area contributed by atoms with Gasteiger partial charge in [-0.25, -0.2) is 4.79 Å². The topological polar surface area (TPSA) is 64.6 Å². The van der Waals surface area contributed by atoms with E-state index >= 15 is 0 Å². The maximum absolute atomic E-state index is 12.2. The second kappa shape index (κ2) is 8.15. The molecule has 126 valence electrons. The predicted octanol–water partition coefficient (Wildman–Crippen LogP) is 3.36. The van der Waals surface area contributed by atoms with Gasteiger partial charge in [-0.3, -0.25) is 4.79 Å². The van der Waals surface area contributed by atoms with E-state index < -0.39 is 5.97 Å². The number of ether oxygens (including phenoxy) is 2. The third-order valence-corrected chi connectivity index (χ3v) is 3.58. The molecule has 5 heteroatoms. The Kier molecular flexibility index (Phi) is 5.95. The minimum Gasteiger partial charge on any atom is -0.496 e. The molecule has 0 heterocycles. The normalized spacial score (nSPS) is 10.1. The van der Waals surface area contributed by atoms with Crippen molar-refractivity contribution in [1.29, 1.82) is 0 Å². The second-order valence-electron chi connectivity index (χ2n) is 5.34. The third kappa shape index (κ3) is 4.35. The molecule has 0 saturated carbocycles. The average molecular weight is 327 g/mol. The maximum atomic E-state index is 12.2. The lowest BCUT2D eigenvalue weighted by Crippen LogP contribution is -2.21. The Morgan fingerprint density at radius 3 is 2.58 bits per heavy atom. The van der Waals surface area contributed by atoms with Crippen molar-refractivity contribution in [2.45, 2.75) is 20.3 Å². The number of benzene rings is 2. The van der Waals surface area contributed by atoms with Gasteiger partial charge in [-0.1, -0.05) is 36.8 Å². The largest absolute Gasteiger partial charge is 0.496 e. The second-order valence-corrected chi connectivity index (χ2v) is 5.34. The number of hydrogen-bond acceptors (Lipinski definition) is 4. The Morgan fingerprint density at radius 2 is 1.88 bits per heavy atom. The smallest absolute Gasteiger partial charge is 0.342 e. The number of methoxy groups -OCH3 is 1.